The fourth-order valence-electron chi connectivity index (χ4n) is 4.89. The third kappa shape index (κ3) is 9.56. The van der Waals surface area contributed by atoms with Crippen LogP contribution in [0.4, 0.5) is 0 Å². The first kappa shape index (κ1) is 38.5. The Bertz CT molecular complexity index is 2270. The summed E-state index contributed by atoms with van der Waals surface area (Å²) >= 11 is 11.9. The molecule has 0 aliphatic rings. The fourth-order valence-corrected chi connectivity index (χ4v) is 5.22. The van der Waals surface area contributed by atoms with Crippen LogP contribution in [0.1, 0.15) is 54.4 Å². The van der Waals surface area contributed by atoms with Crippen LogP contribution in [0.25, 0.3) is 21.8 Å². The molecular formula is C35H23Cl2N6NaO5. The van der Waals surface area contributed by atoms with Gasteiger partial charge in [-0.05, 0) is 71.8 Å². The quantitative estimate of drug-likeness (QED) is 0.196. The molecule has 14 heteroatoms. The monoisotopic (exact) mass is 700 g/mol. The van der Waals surface area contributed by atoms with Crippen LogP contribution >= 0.6 is 23.2 Å². The van der Waals surface area contributed by atoms with E-state index >= 15 is 0 Å². The van der Waals surface area contributed by atoms with E-state index in [0.29, 0.717) is 62.0 Å². The summed E-state index contributed by atoms with van der Waals surface area (Å²) in [6, 6.07) is 21.3. The van der Waals surface area contributed by atoms with Crippen LogP contribution in [-0.2, 0) is 17.6 Å². The number of aromatic nitrogens is 4. The molecule has 0 spiro atoms. The molecule has 0 saturated heterocycles. The number of esters is 1. The van der Waals surface area contributed by atoms with E-state index in [1.165, 1.54) is 37.8 Å². The predicted octanol–water partition coefficient (Wildman–Crippen LogP) is 3.80. The Balaban J connectivity index is 0.000000255. The molecule has 0 atom stereocenters. The average Bonchev–Trinajstić information content (AvgIpc) is 3.07. The summed E-state index contributed by atoms with van der Waals surface area (Å²) in [4.78, 5) is 39.5. The van der Waals surface area contributed by atoms with Gasteiger partial charge in [0.1, 0.15) is 12.1 Å². The first-order chi connectivity index (χ1) is 22.7. The van der Waals surface area contributed by atoms with Crippen LogP contribution in [-0.4, -0.2) is 49.6 Å². The van der Waals surface area contributed by atoms with Crippen molar-refractivity contribution in [3.05, 3.63) is 140 Å². The number of carboxylic acids is 1. The Hall–Kier alpha value is -4.98. The maximum absolute atomic E-state index is 11.6. The zero-order valence-electron chi connectivity index (χ0n) is 26.1. The van der Waals surface area contributed by atoms with Gasteiger partial charge in [0.25, 0.3) is 0 Å². The molecule has 0 bridgehead atoms. The summed E-state index contributed by atoms with van der Waals surface area (Å²) < 4.78 is 4.72. The SMILES string of the molecule is COC(=O)c1ccnc(Cc2cc(C#N)c3ncc(Cl)cc3c2)c1.N#Cc1cc(Cc2cc(C(=O)O)ccn2)cc2cc(Cl)cnc12.[Na+].[OH-]. The molecule has 0 radical (unpaired) electrons. The van der Waals surface area contributed by atoms with Crippen molar-refractivity contribution in [3.63, 3.8) is 0 Å². The molecule has 0 saturated carbocycles. The van der Waals surface area contributed by atoms with Gasteiger partial charge in [-0.2, -0.15) is 10.5 Å². The third-order valence-corrected chi connectivity index (χ3v) is 7.35. The fraction of sp³-hybridized carbons (Fsp3) is 0.0857. The van der Waals surface area contributed by atoms with E-state index in [2.05, 4.69) is 32.1 Å². The second-order valence-corrected chi connectivity index (χ2v) is 11.1. The molecule has 11 nitrogen and oxygen atoms in total. The molecule has 2 N–H and O–H groups in total. The minimum absolute atomic E-state index is 0. The Morgan fingerprint density at radius 3 is 1.61 bits per heavy atom. The molecule has 238 valence electrons. The van der Waals surface area contributed by atoms with Gasteiger partial charge in [0, 0.05) is 59.8 Å². The van der Waals surface area contributed by atoms with Gasteiger partial charge in [0.15, 0.2) is 0 Å². The van der Waals surface area contributed by atoms with Crippen LogP contribution < -0.4 is 29.6 Å². The molecule has 4 aromatic heterocycles. The first-order valence-corrected chi connectivity index (χ1v) is 14.6. The van der Waals surface area contributed by atoms with E-state index in [1.54, 1.807) is 42.6 Å². The van der Waals surface area contributed by atoms with E-state index < -0.39 is 11.9 Å². The number of fused-ring (bicyclic) bond motifs is 2. The number of nitriles is 2. The number of pyridine rings is 4. The van der Waals surface area contributed by atoms with Crippen molar-refractivity contribution in [2.24, 2.45) is 0 Å². The number of methoxy groups -OCH3 is 1. The normalized spacial score (nSPS) is 9.98. The second kappa shape index (κ2) is 17.4. The van der Waals surface area contributed by atoms with Crippen molar-refractivity contribution in [3.8, 4) is 12.1 Å². The van der Waals surface area contributed by atoms with E-state index in [9.17, 15) is 20.1 Å². The van der Waals surface area contributed by atoms with Crippen LogP contribution in [0.3, 0.4) is 0 Å². The number of benzene rings is 2. The van der Waals surface area contributed by atoms with Gasteiger partial charge in [-0.1, -0.05) is 23.2 Å². The summed E-state index contributed by atoms with van der Waals surface area (Å²) in [5.74, 6) is -1.41. The van der Waals surface area contributed by atoms with Crippen molar-refractivity contribution < 1.29 is 54.5 Å². The largest absolute Gasteiger partial charge is 1.00 e. The maximum Gasteiger partial charge on any atom is 1.00 e. The molecule has 2 aromatic carbocycles. The number of carboxylic acid groups (broad SMARTS) is 1. The minimum atomic E-state index is -0.999. The van der Waals surface area contributed by atoms with Gasteiger partial charge >= 0.3 is 41.5 Å². The van der Waals surface area contributed by atoms with Crippen LogP contribution in [0.5, 0.6) is 0 Å². The van der Waals surface area contributed by atoms with E-state index in [4.69, 9.17) is 33.0 Å². The Morgan fingerprint density at radius 2 is 1.18 bits per heavy atom. The number of carbonyl (C=O) groups excluding carboxylic acids is 1. The number of nitrogens with zero attached hydrogens (tertiary/aromatic N) is 6. The molecule has 0 amide bonds. The molecular weight excluding hydrogens is 678 g/mol. The van der Waals surface area contributed by atoms with Gasteiger partial charge in [-0.3, -0.25) is 19.9 Å². The number of rotatable bonds is 6. The Kier molecular flexibility index (Phi) is 13.7. The summed E-state index contributed by atoms with van der Waals surface area (Å²) in [6.07, 6.45) is 6.93. The molecule has 6 rings (SSSR count). The number of halogens is 2. The number of hydrogen-bond acceptors (Lipinski definition) is 10. The molecule has 6 aromatic rings. The topological polar surface area (TPSA) is 193 Å². The van der Waals surface area contributed by atoms with Crippen molar-refractivity contribution in [2.75, 3.05) is 7.11 Å². The molecule has 4 heterocycles. The number of hydrogen-bond donors (Lipinski definition) is 1. The van der Waals surface area contributed by atoms with E-state index in [0.717, 1.165) is 21.9 Å². The van der Waals surface area contributed by atoms with Crippen LogP contribution in [0.2, 0.25) is 10.0 Å². The molecule has 0 fully saturated rings. The summed E-state index contributed by atoms with van der Waals surface area (Å²) in [7, 11) is 1.34. The average molecular weight is 702 g/mol. The van der Waals surface area contributed by atoms with Crippen molar-refractivity contribution in [1.29, 1.82) is 10.5 Å². The van der Waals surface area contributed by atoms with Crippen molar-refractivity contribution in [2.45, 2.75) is 12.8 Å². The standard InChI is InChI=1S/C18H12ClN3O2.C17H10ClN3O2.Na.H2O/c1-24-18(23)12-2-3-21-16(8-12)6-11-4-13-7-15(19)10-22-17(13)14(5-11)9-20;18-14-6-12-3-10(4-13(8-19)16(12)21-9-14)5-15-7-11(17(22)23)1-2-20-15;;/h2-5,7-8,10H,6H2,1H3;1-4,6-7,9H,5H2,(H,22,23);;1H2/q;;+1;/p-1. The summed E-state index contributed by atoms with van der Waals surface area (Å²) in [5.41, 5.74) is 5.79. The second-order valence-electron chi connectivity index (χ2n) is 10.2. The number of aromatic carboxylic acids is 1. The number of ether oxygens (including phenoxy) is 1. The molecule has 0 aliphatic carbocycles. The van der Waals surface area contributed by atoms with Crippen LogP contribution in [0, 0.1) is 22.7 Å². The predicted molar refractivity (Wildman–Crippen MR) is 177 cm³/mol. The van der Waals surface area contributed by atoms with E-state index in [-0.39, 0.29) is 40.6 Å². The summed E-state index contributed by atoms with van der Waals surface area (Å²) in [6.45, 7) is 0. The van der Waals surface area contributed by atoms with Gasteiger partial charge in [-0.25, -0.2) is 9.59 Å². The molecule has 0 unspecified atom stereocenters. The van der Waals surface area contributed by atoms with Gasteiger partial charge in [0.2, 0.25) is 0 Å². The molecule has 0 aliphatic heterocycles. The van der Waals surface area contributed by atoms with Gasteiger partial charge in [0.05, 0.1) is 50.4 Å². The van der Waals surface area contributed by atoms with Crippen molar-refractivity contribution >= 4 is 56.9 Å². The maximum atomic E-state index is 11.6. The number of carbonyl (C=O) groups is 2. The summed E-state index contributed by atoms with van der Waals surface area (Å²) in [5, 5.41) is 30.2. The minimum Gasteiger partial charge on any atom is -0.870 e. The van der Waals surface area contributed by atoms with E-state index in [1.807, 2.05) is 12.1 Å². The molecule has 49 heavy (non-hydrogen) atoms. The third-order valence-electron chi connectivity index (χ3n) is 6.93. The van der Waals surface area contributed by atoms with Crippen molar-refractivity contribution in [1.82, 2.24) is 19.9 Å². The van der Waals surface area contributed by atoms with Gasteiger partial charge in [-0.15, -0.1) is 0 Å². The van der Waals surface area contributed by atoms with Crippen LogP contribution in [0.15, 0.2) is 85.5 Å². The first-order valence-electron chi connectivity index (χ1n) is 13.9. The Labute approximate surface area is 312 Å². The zero-order chi connectivity index (χ0) is 33.5. The zero-order valence-corrected chi connectivity index (χ0v) is 29.6. The smallest absolute Gasteiger partial charge is 0.870 e. The Morgan fingerprint density at radius 1 is 0.735 bits per heavy atom. The van der Waals surface area contributed by atoms with Gasteiger partial charge < -0.3 is 15.3 Å².